The van der Waals surface area contributed by atoms with Crippen LogP contribution < -0.4 is 15.5 Å². The van der Waals surface area contributed by atoms with E-state index in [1.165, 1.54) is 0 Å². The van der Waals surface area contributed by atoms with Gasteiger partial charge in [-0.15, -0.1) is 24.8 Å². The molecule has 1 aromatic carbocycles. The summed E-state index contributed by atoms with van der Waals surface area (Å²) in [6.45, 7) is 1.63. The zero-order chi connectivity index (χ0) is 15.3. The van der Waals surface area contributed by atoms with Crippen molar-refractivity contribution < 1.29 is 13.2 Å². The largest absolute Gasteiger partial charge is 0.369 e. The second-order valence-electron chi connectivity index (χ2n) is 5.09. The maximum Gasteiger partial charge on any atom is 0.225 e. The van der Waals surface area contributed by atoms with E-state index in [1.54, 1.807) is 7.05 Å². The average molecular weight is 384 g/mol. The molecule has 1 aliphatic heterocycles. The molecule has 1 fully saturated rings. The van der Waals surface area contributed by atoms with Gasteiger partial charge in [-0.2, -0.15) is 0 Å². The van der Waals surface area contributed by atoms with Crippen LogP contribution >= 0.6 is 24.8 Å². The molecular formula is C14H23Cl2N3O3S. The minimum atomic E-state index is -2.88. The molecular weight excluding hydrogens is 361 g/mol. The molecule has 0 saturated carbocycles. The molecule has 2 N–H and O–H groups in total. The molecule has 1 saturated heterocycles. The predicted octanol–water partition coefficient (Wildman–Crippen LogP) is 1.31. The number of amides is 1. The molecule has 0 radical (unpaired) electrons. The van der Waals surface area contributed by atoms with Crippen LogP contribution in [0, 0.1) is 0 Å². The minimum absolute atomic E-state index is 0. The lowest BCUT2D eigenvalue weighted by Crippen LogP contribution is -2.40. The predicted molar refractivity (Wildman–Crippen MR) is 99.0 cm³/mol. The fraction of sp³-hybridized carbons (Fsp3) is 0.500. The number of benzene rings is 1. The van der Waals surface area contributed by atoms with E-state index < -0.39 is 9.84 Å². The van der Waals surface area contributed by atoms with Crippen molar-refractivity contribution in [3.8, 4) is 0 Å². The summed E-state index contributed by atoms with van der Waals surface area (Å²) in [6, 6.07) is 7.52. The number of carbonyl (C=O) groups excluding carboxylic acids is 1. The van der Waals surface area contributed by atoms with Crippen LogP contribution in [-0.4, -0.2) is 52.5 Å². The van der Waals surface area contributed by atoms with E-state index in [0.717, 1.165) is 11.4 Å². The third-order valence-corrected chi connectivity index (χ3v) is 5.05. The topological polar surface area (TPSA) is 78.5 Å². The lowest BCUT2D eigenvalue weighted by Gasteiger charge is -2.29. The van der Waals surface area contributed by atoms with Crippen molar-refractivity contribution in [1.29, 1.82) is 0 Å². The van der Waals surface area contributed by atoms with Gasteiger partial charge in [0.25, 0.3) is 0 Å². The van der Waals surface area contributed by atoms with E-state index in [9.17, 15) is 13.2 Å². The summed E-state index contributed by atoms with van der Waals surface area (Å²) in [7, 11) is -1.08. The highest BCUT2D eigenvalue weighted by Crippen LogP contribution is 2.21. The van der Waals surface area contributed by atoms with Gasteiger partial charge in [0.15, 0.2) is 9.84 Å². The maximum absolute atomic E-state index is 11.7. The molecule has 0 aromatic heterocycles. The molecule has 0 unspecified atom stereocenters. The first-order valence-corrected chi connectivity index (χ1v) is 8.82. The molecule has 0 spiro atoms. The van der Waals surface area contributed by atoms with Crippen LogP contribution in [0.1, 0.15) is 6.42 Å². The Morgan fingerprint density at radius 3 is 2.48 bits per heavy atom. The number of hydrogen-bond acceptors (Lipinski definition) is 5. The Labute approximate surface area is 149 Å². The van der Waals surface area contributed by atoms with Crippen molar-refractivity contribution >= 4 is 51.9 Å². The van der Waals surface area contributed by atoms with E-state index in [4.69, 9.17) is 0 Å². The van der Waals surface area contributed by atoms with E-state index in [0.29, 0.717) is 26.1 Å². The number of nitrogens with zero attached hydrogens (tertiary/aromatic N) is 1. The van der Waals surface area contributed by atoms with E-state index in [-0.39, 0.29) is 42.2 Å². The second kappa shape index (κ2) is 9.97. The molecule has 23 heavy (non-hydrogen) atoms. The lowest BCUT2D eigenvalue weighted by molar-refractivity contribution is -0.116. The van der Waals surface area contributed by atoms with Crippen LogP contribution in [0.2, 0.25) is 0 Å². The van der Waals surface area contributed by atoms with E-state index >= 15 is 0 Å². The van der Waals surface area contributed by atoms with Gasteiger partial charge in [0.2, 0.25) is 5.91 Å². The summed E-state index contributed by atoms with van der Waals surface area (Å²) in [6.07, 6.45) is 0.419. The molecule has 1 heterocycles. The average Bonchev–Trinajstić information content (AvgIpc) is 2.45. The van der Waals surface area contributed by atoms with Crippen LogP contribution in [0.25, 0.3) is 0 Å². The Morgan fingerprint density at radius 1 is 1.22 bits per heavy atom. The highest BCUT2D eigenvalue weighted by molar-refractivity contribution is 7.91. The monoisotopic (exact) mass is 383 g/mol. The summed E-state index contributed by atoms with van der Waals surface area (Å²) in [4.78, 5) is 13.7. The fourth-order valence-corrected chi connectivity index (χ4v) is 3.41. The van der Waals surface area contributed by atoms with Crippen molar-refractivity contribution in [2.75, 3.05) is 48.4 Å². The Hall–Kier alpha value is -1.02. The first-order valence-electron chi connectivity index (χ1n) is 7.00. The summed E-state index contributed by atoms with van der Waals surface area (Å²) < 4.78 is 22.9. The molecule has 0 atom stereocenters. The summed E-state index contributed by atoms with van der Waals surface area (Å²) in [5, 5.41) is 5.78. The first kappa shape index (κ1) is 22.0. The van der Waals surface area contributed by atoms with Crippen molar-refractivity contribution in [2.45, 2.75) is 6.42 Å². The molecule has 6 nitrogen and oxygen atoms in total. The molecule has 9 heteroatoms. The number of carbonyl (C=O) groups is 1. The second-order valence-corrected chi connectivity index (χ2v) is 7.39. The zero-order valence-corrected chi connectivity index (χ0v) is 15.4. The van der Waals surface area contributed by atoms with Crippen LogP contribution in [0.5, 0.6) is 0 Å². The lowest BCUT2D eigenvalue weighted by atomic mass is 10.2. The van der Waals surface area contributed by atoms with Crippen LogP contribution in [0.4, 0.5) is 11.4 Å². The van der Waals surface area contributed by atoms with Gasteiger partial charge in [0, 0.05) is 37.4 Å². The Balaban J connectivity index is 0.00000242. The smallest absolute Gasteiger partial charge is 0.225 e. The molecule has 1 amide bonds. The molecule has 1 aliphatic rings. The van der Waals surface area contributed by atoms with Crippen molar-refractivity contribution in [2.24, 2.45) is 0 Å². The van der Waals surface area contributed by atoms with Gasteiger partial charge in [0.1, 0.15) is 0 Å². The highest BCUT2D eigenvalue weighted by atomic mass is 35.5. The van der Waals surface area contributed by atoms with Gasteiger partial charge >= 0.3 is 0 Å². The van der Waals surface area contributed by atoms with Gasteiger partial charge in [-0.3, -0.25) is 4.79 Å². The molecule has 0 bridgehead atoms. The quantitative estimate of drug-likeness (QED) is 0.801. The number of anilines is 2. The number of rotatable bonds is 5. The minimum Gasteiger partial charge on any atom is -0.369 e. The Morgan fingerprint density at radius 2 is 1.87 bits per heavy atom. The standard InChI is InChI=1S/C14H21N3O3S.2ClH/c1-15-6-5-14(18)16-12-3-2-4-13(11-12)17-7-9-21(19,20)10-8-17;;/h2-4,11,15H,5-10H2,1H3,(H,16,18);2*1H. The molecule has 2 rings (SSSR count). The van der Waals surface area contributed by atoms with Crippen LogP contribution in [0.15, 0.2) is 24.3 Å². The van der Waals surface area contributed by atoms with Crippen LogP contribution in [0.3, 0.4) is 0 Å². The first-order chi connectivity index (χ1) is 10.00. The summed E-state index contributed by atoms with van der Waals surface area (Å²) in [5.74, 6) is 0.333. The SMILES string of the molecule is CNCCC(=O)Nc1cccc(N2CCS(=O)(=O)CC2)c1.Cl.Cl. The van der Waals surface area contributed by atoms with Gasteiger partial charge in [-0.1, -0.05) is 6.07 Å². The molecule has 0 aliphatic carbocycles. The van der Waals surface area contributed by atoms with Crippen LogP contribution in [-0.2, 0) is 14.6 Å². The summed E-state index contributed by atoms with van der Waals surface area (Å²) >= 11 is 0. The normalized spacial score (nSPS) is 16.0. The van der Waals surface area contributed by atoms with Gasteiger partial charge in [-0.05, 0) is 25.2 Å². The van der Waals surface area contributed by atoms with Gasteiger partial charge in [-0.25, -0.2) is 8.42 Å². The van der Waals surface area contributed by atoms with Crippen molar-refractivity contribution in [3.63, 3.8) is 0 Å². The molecule has 132 valence electrons. The van der Waals surface area contributed by atoms with Gasteiger partial charge < -0.3 is 15.5 Å². The highest BCUT2D eigenvalue weighted by Gasteiger charge is 2.21. The number of nitrogens with one attached hydrogen (secondary N) is 2. The van der Waals surface area contributed by atoms with E-state index in [2.05, 4.69) is 10.6 Å². The number of halogens is 2. The zero-order valence-electron chi connectivity index (χ0n) is 12.9. The third kappa shape index (κ3) is 6.95. The third-order valence-electron chi connectivity index (χ3n) is 3.44. The number of hydrogen-bond donors (Lipinski definition) is 2. The van der Waals surface area contributed by atoms with Gasteiger partial charge in [0.05, 0.1) is 11.5 Å². The summed E-state index contributed by atoms with van der Waals surface area (Å²) in [5.41, 5.74) is 1.68. The van der Waals surface area contributed by atoms with Crippen molar-refractivity contribution in [3.05, 3.63) is 24.3 Å². The molecule has 1 aromatic rings. The fourth-order valence-electron chi connectivity index (χ4n) is 2.21. The van der Waals surface area contributed by atoms with Crippen molar-refractivity contribution in [1.82, 2.24) is 5.32 Å². The maximum atomic E-state index is 11.7. The Bertz CT molecular complexity index is 597. The number of sulfone groups is 1. The Kier molecular flexibility index (Phi) is 9.53. The van der Waals surface area contributed by atoms with E-state index in [1.807, 2.05) is 29.2 Å².